The third kappa shape index (κ3) is 3.40. The lowest BCUT2D eigenvalue weighted by atomic mass is 10.4. The Morgan fingerprint density at radius 2 is 1.87 bits per heavy atom. The van der Waals surface area contributed by atoms with Crippen LogP contribution in [0.3, 0.4) is 0 Å². The van der Waals surface area contributed by atoms with E-state index in [0.29, 0.717) is 0 Å². The van der Waals surface area contributed by atoms with Gasteiger partial charge in [0.1, 0.15) is 0 Å². The van der Waals surface area contributed by atoms with Crippen molar-refractivity contribution in [1.82, 2.24) is 4.49 Å². The van der Waals surface area contributed by atoms with E-state index < -0.39 is 17.8 Å². The maximum Gasteiger partial charge on any atom is 0.416 e. The molecule has 1 atom stereocenters. The van der Waals surface area contributed by atoms with E-state index in [9.17, 15) is 13.0 Å². The van der Waals surface area contributed by atoms with E-state index in [4.69, 9.17) is 4.89 Å². The number of nitrogens with one attached hydrogen (secondary N) is 1. The quantitative estimate of drug-likeness (QED) is 0.769. The van der Waals surface area contributed by atoms with Gasteiger partial charge in [0.05, 0.1) is 4.90 Å². The van der Waals surface area contributed by atoms with Crippen molar-refractivity contribution in [2.75, 3.05) is 7.11 Å². The highest BCUT2D eigenvalue weighted by atomic mass is 32.2. The number of rotatable bonds is 4. The van der Waals surface area contributed by atoms with Gasteiger partial charge in [-0.3, -0.25) is 4.52 Å². The molecule has 6 nitrogen and oxygen atoms in total. The molecule has 0 radical (unpaired) electrons. The molecule has 0 spiro atoms. The number of hydrogen-bond acceptors (Lipinski definition) is 4. The molecule has 0 amide bonds. The molecule has 84 valence electrons. The van der Waals surface area contributed by atoms with Crippen LogP contribution in [0.25, 0.3) is 0 Å². The Balaban J connectivity index is 3.01. The van der Waals surface area contributed by atoms with Gasteiger partial charge in [-0.15, -0.1) is 4.49 Å². The molecule has 8 heteroatoms. The minimum absolute atomic E-state index is 0.101. The predicted molar refractivity (Wildman–Crippen MR) is 53.6 cm³/mol. The van der Waals surface area contributed by atoms with Crippen LogP contribution in [0.15, 0.2) is 35.2 Å². The van der Waals surface area contributed by atoms with Gasteiger partial charge in [-0.25, -0.2) is 13.0 Å². The summed E-state index contributed by atoms with van der Waals surface area (Å²) in [6, 6.07) is 7.25. The van der Waals surface area contributed by atoms with E-state index in [1.807, 2.05) is 0 Å². The highest BCUT2D eigenvalue weighted by Gasteiger charge is 2.26. The van der Waals surface area contributed by atoms with Gasteiger partial charge < -0.3 is 4.89 Å². The van der Waals surface area contributed by atoms with Gasteiger partial charge in [0, 0.05) is 7.11 Å². The molecule has 2 N–H and O–H groups in total. The smallest absolute Gasteiger partial charge is 0.312 e. The van der Waals surface area contributed by atoms with Crippen LogP contribution in [0, 0.1) is 0 Å². The molecule has 15 heavy (non-hydrogen) atoms. The van der Waals surface area contributed by atoms with Gasteiger partial charge in [-0.1, -0.05) is 18.2 Å². The average Bonchev–Trinajstić information content (AvgIpc) is 2.18. The van der Waals surface area contributed by atoms with Crippen molar-refractivity contribution in [3.05, 3.63) is 30.3 Å². The lowest BCUT2D eigenvalue weighted by molar-refractivity contribution is 0.311. The molecule has 0 aliphatic heterocycles. The van der Waals surface area contributed by atoms with Gasteiger partial charge >= 0.3 is 7.75 Å². The fraction of sp³-hybridized carbons (Fsp3) is 0.143. The van der Waals surface area contributed by atoms with Crippen LogP contribution >= 0.6 is 7.75 Å². The summed E-state index contributed by atoms with van der Waals surface area (Å²) in [6.07, 6.45) is 0. The highest BCUT2D eigenvalue weighted by molar-refractivity contribution is 7.94. The van der Waals surface area contributed by atoms with Crippen LogP contribution in [-0.4, -0.2) is 20.4 Å². The van der Waals surface area contributed by atoms with Gasteiger partial charge in [-0.2, -0.15) is 0 Å². The minimum Gasteiger partial charge on any atom is -0.312 e. The summed E-state index contributed by atoms with van der Waals surface area (Å²) in [5.41, 5.74) is 0. The molecule has 0 aliphatic rings. The van der Waals surface area contributed by atoms with Crippen LogP contribution in [0.4, 0.5) is 0 Å². The molecule has 1 aromatic rings. The normalized spacial score (nSPS) is 15.9. The van der Waals surface area contributed by atoms with E-state index in [1.165, 1.54) is 24.3 Å². The largest absolute Gasteiger partial charge is 0.416 e. The first-order valence-corrected chi connectivity index (χ1v) is 6.91. The van der Waals surface area contributed by atoms with Gasteiger partial charge in [0.2, 0.25) is 10.0 Å². The Hall–Kier alpha value is -0.720. The van der Waals surface area contributed by atoms with Crippen LogP contribution in [0.1, 0.15) is 0 Å². The zero-order valence-corrected chi connectivity index (χ0v) is 9.53. The second-order valence-corrected chi connectivity index (χ2v) is 6.23. The Morgan fingerprint density at radius 1 is 1.33 bits per heavy atom. The summed E-state index contributed by atoms with van der Waals surface area (Å²) in [6.45, 7) is 0. The molecule has 0 saturated carbocycles. The molecule has 0 heterocycles. The van der Waals surface area contributed by atoms with Crippen molar-refractivity contribution < 1.29 is 22.4 Å². The first-order chi connectivity index (χ1) is 6.87. The molecule has 0 aromatic heterocycles. The molecule has 0 saturated heterocycles. The molecular formula is C7H10NO5PS. The molecule has 0 bridgehead atoms. The lowest BCUT2D eigenvalue weighted by Gasteiger charge is -2.10. The van der Waals surface area contributed by atoms with Gasteiger partial charge in [0.25, 0.3) is 0 Å². The maximum atomic E-state index is 11.5. The minimum atomic E-state index is -4.30. The third-order valence-corrected chi connectivity index (χ3v) is 4.81. The van der Waals surface area contributed by atoms with E-state index in [2.05, 4.69) is 4.52 Å². The Morgan fingerprint density at radius 3 is 2.33 bits per heavy atom. The summed E-state index contributed by atoms with van der Waals surface area (Å²) < 4.78 is 39.7. The Bertz CT molecular complexity index is 471. The zero-order valence-electron chi connectivity index (χ0n) is 7.82. The summed E-state index contributed by atoms with van der Waals surface area (Å²) in [5.74, 6) is 0. The Kier molecular flexibility index (Phi) is 3.64. The van der Waals surface area contributed by atoms with E-state index in [0.717, 1.165) is 7.11 Å². The number of hydrogen-bond donors (Lipinski definition) is 2. The average molecular weight is 251 g/mol. The second-order valence-electron chi connectivity index (χ2n) is 2.61. The predicted octanol–water partition coefficient (Wildman–Crippen LogP) is 0.712. The van der Waals surface area contributed by atoms with Crippen LogP contribution in [0.5, 0.6) is 0 Å². The molecule has 1 rings (SSSR count). The molecule has 1 aromatic carbocycles. The van der Waals surface area contributed by atoms with E-state index in [1.54, 1.807) is 10.6 Å². The van der Waals surface area contributed by atoms with Crippen molar-refractivity contribution in [3.8, 4) is 0 Å². The number of sulfonamides is 1. The van der Waals surface area contributed by atoms with Crippen LogP contribution < -0.4 is 4.49 Å². The van der Waals surface area contributed by atoms with E-state index >= 15 is 0 Å². The van der Waals surface area contributed by atoms with Gasteiger partial charge in [-0.05, 0) is 12.1 Å². The van der Waals surface area contributed by atoms with Crippen LogP contribution in [-0.2, 0) is 19.1 Å². The SMILES string of the molecule is COP(=O)(O)NS(=O)(=O)c1ccccc1. The maximum absolute atomic E-state index is 11.5. The van der Waals surface area contributed by atoms with Gasteiger partial charge in [0.15, 0.2) is 0 Å². The third-order valence-electron chi connectivity index (χ3n) is 1.54. The molecular weight excluding hydrogens is 241 g/mol. The van der Waals surface area contributed by atoms with Crippen LogP contribution in [0.2, 0.25) is 0 Å². The summed E-state index contributed by atoms with van der Waals surface area (Å²) in [4.78, 5) is 8.86. The second kappa shape index (κ2) is 4.42. The molecule has 1 unspecified atom stereocenters. The standard InChI is InChI=1S/C7H10NO5PS/c1-13-14(9,10)8-15(11,12)7-5-3-2-4-6-7/h2-6H,1H3,(H2,8,9,10). The molecule has 0 aliphatic carbocycles. The fourth-order valence-corrected chi connectivity index (χ4v) is 3.29. The Labute approximate surface area is 87.5 Å². The van der Waals surface area contributed by atoms with Crippen molar-refractivity contribution in [2.24, 2.45) is 0 Å². The van der Waals surface area contributed by atoms with Crippen molar-refractivity contribution in [2.45, 2.75) is 4.90 Å². The zero-order chi connectivity index (χ0) is 11.5. The summed E-state index contributed by atoms with van der Waals surface area (Å²) in [7, 11) is -7.38. The molecule has 0 fully saturated rings. The topological polar surface area (TPSA) is 92.7 Å². The van der Waals surface area contributed by atoms with Crippen molar-refractivity contribution in [1.29, 1.82) is 0 Å². The first kappa shape index (κ1) is 12.4. The summed E-state index contributed by atoms with van der Waals surface area (Å²) >= 11 is 0. The monoisotopic (exact) mass is 251 g/mol. The lowest BCUT2D eigenvalue weighted by Crippen LogP contribution is -2.21. The number of benzene rings is 1. The fourth-order valence-electron chi connectivity index (χ4n) is 0.841. The highest BCUT2D eigenvalue weighted by Crippen LogP contribution is 2.37. The van der Waals surface area contributed by atoms with E-state index in [-0.39, 0.29) is 4.90 Å². The summed E-state index contributed by atoms with van der Waals surface area (Å²) in [5, 5.41) is 0. The first-order valence-electron chi connectivity index (χ1n) is 3.85. The van der Waals surface area contributed by atoms with Crippen molar-refractivity contribution in [3.63, 3.8) is 0 Å². The van der Waals surface area contributed by atoms with Crippen molar-refractivity contribution >= 4 is 17.8 Å².